The van der Waals surface area contributed by atoms with Crippen LogP contribution in [0.4, 0.5) is 4.39 Å². The van der Waals surface area contributed by atoms with Gasteiger partial charge in [-0.3, -0.25) is 0 Å². The molecule has 0 aliphatic carbocycles. The second kappa shape index (κ2) is 5.50. The zero-order valence-corrected chi connectivity index (χ0v) is 11.1. The summed E-state index contributed by atoms with van der Waals surface area (Å²) in [5.41, 5.74) is 1.33. The number of halogens is 2. The molecule has 1 heterocycles. The average molecular weight is 268 g/mol. The van der Waals surface area contributed by atoms with Crippen LogP contribution in [0.15, 0.2) is 24.3 Å². The van der Waals surface area contributed by atoms with E-state index in [2.05, 4.69) is 10.3 Å². The number of hydrogen-bond donors (Lipinski definition) is 1. The van der Waals surface area contributed by atoms with Gasteiger partial charge in [-0.25, -0.2) is 9.37 Å². The summed E-state index contributed by atoms with van der Waals surface area (Å²) in [6.45, 7) is 0.823. The Bertz CT molecular complexity index is 551. The average Bonchev–Trinajstić information content (AvgIpc) is 2.64. The Morgan fingerprint density at radius 3 is 2.89 bits per heavy atom. The van der Waals surface area contributed by atoms with Crippen molar-refractivity contribution in [2.45, 2.75) is 6.42 Å². The van der Waals surface area contributed by atoms with E-state index >= 15 is 0 Å². The Morgan fingerprint density at radius 1 is 1.44 bits per heavy atom. The Balaban J connectivity index is 2.39. The number of rotatable bonds is 4. The van der Waals surface area contributed by atoms with Gasteiger partial charge in [-0.1, -0.05) is 23.7 Å². The molecule has 18 heavy (non-hydrogen) atoms. The van der Waals surface area contributed by atoms with Crippen molar-refractivity contribution in [3.63, 3.8) is 0 Å². The van der Waals surface area contributed by atoms with E-state index in [9.17, 15) is 4.39 Å². The minimum absolute atomic E-state index is 0.286. The van der Waals surface area contributed by atoms with Crippen LogP contribution in [0, 0.1) is 5.82 Å². The molecule has 1 aromatic carbocycles. The van der Waals surface area contributed by atoms with Crippen LogP contribution >= 0.6 is 11.6 Å². The molecule has 3 nitrogen and oxygen atoms in total. The van der Waals surface area contributed by atoms with Crippen molar-refractivity contribution in [3.8, 4) is 11.3 Å². The van der Waals surface area contributed by atoms with Gasteiger partial charge in [0, 0.05) is 25.6 Å². The number of nitrogens with zero attached hydrogens (tertiary/aromatic N) is 2. The number of hydrogen-bond acceptors (Lipinski definition) is 2. The number of aromatic nitrogens is 2. The lowest BCUT2D eigenvalue weighted by Gasteiger charge is -2.00. The highest BCUT2D eigenvalue weighted by Crippen LogP contribution is 2.28. The van der Waals surface area contributed by atoms with Gasteiger partial charge < -0.3 is 9.88 Å². The highest BCUT2D eigenvalue weighted by atomic mass is 35.5. The van der Waals surface area contributed by atoms with Gasteiger partial charge in [-0.2, -0.15) is 0 Å². The van der Waals surface area contributed by atoms with E-state index in [1.807, 2.05) is 18.7 Å². The fourth-order valence-corrected chi connectivity index (χ4v) is 2.05. The summed E-state index contributed by atoms with van der Waals surface area (Å²) in [7, 11) is 3.75. The first-order valence-electron chi connectivity index (χ1n) is 5.75. The summed E-state index contributed by atoms with van der Waals surface area (Å²) in [6.07, 6.45) is 0.780. The van der Waals surface area contributed by atoms with E-state index in [1.165, 1.54) is 12.1 Å². The first kappa shape index (κ1) is 13.1. The van der Waals surface area contributed by atoms with Gasteiger partial charge in [0.1, 0.15) is 22.5 Å². The first-order chi connectivity index (χ1) is 8.63. The summed E-state index contributed by atoms with van der Waals surface area (Å²) in [5.74, 6) is 0.597. The molecule has 0 atom stereocenters. The molecule has 5 heteroatoms. The minimum atomic E-state index is -0.286. The van der Waals surface area contributed by atoms with Crippen molar-refractivity contribution in [1.29, 1.82) is 0 Å². The molecule has 0 spiro atoms. The van der Waals surface area contributed by atoms with Gasteiger partial charge in [-0.05, 0) is 19.2 Å². The SMILES string of the molecule is CNCCc1nc(-c2cccc(F)c2)c(Cl)n1C. The molecule has 0 fully saturated rings. The summed E-state index contributed by atoms with van der Waals surface area (Å²) < 4.78 is 15.0. The predicted octanol–water partition coefficient (Wildman–Crippen LogP) is 2.64. The molecule has 96 valence electrons. The lowest BCUT2D eigenvalue weighted by molar-refractivity contribution is 0.628. The fourth-order valence-electron chi connectivity index (χ4n) is 1.80. The highest BCUT2D eigenvalue weighted by Gasteiger charge is 2.14. The molecular formula is C13H15ClFN3. The van der Waals surface area contributed by atoms with Crippen molar-refractivity contribution in [2.24, 2.45) is 7.05 Å². The maximum Gasteiger partial charge on any atom is 0.136 e. The molecule has 0 radical (unpaired) electrons. The lowest BCUT2D eigenvalue weighted by atomic mass is 10.2. The molecule has 0 aliphatic heterocycles. The smallest absolute Gasteiger partial charge is 0.136 e. The van der Waals surface area contributed by atoms with Crippen molar-refractivity contribution < 1.29 is 4.39 Å². The van der Waals surface area contributed by atoms with Gasteiger partial charge in [0.25, 0.3) is 0 Å². The molecule has 0 saturated carbocycles. The summed E-state index contributed by atoms with van der Waals surface area (Å²) in [4.78, 5) is 4.48. The number of benzene rings is 1. The van der Waals surface area contributed by atoms with E-state index < -0.39 is 0 Å². The molecule has 2 aromatic rings. The van der Waals surface area contributed by atoms with Gasteiger partial charge in [0.15, 0.2) is 0 Å². The third kappa shape index (κ3) is 2.54. The topological polar surface area (TPSA) is 29.9 Å². The van der Waals surface area contributed by atoms with Crippen molar-refractivity contribution in [1.82, 2.24) is 14.9 Å². The van der Waals surface area contributed by atoms with Crippen LogP contribution in [0.1, 0.15) is 5.82 Å². The number of likely N-dealkylation sites (N-methyl/N-ethyl adjacent to an activating group) is 1. The largest absolute Gasteiger partial charge is 0.322 e. The maximum atomic E-state index is 13.2. The number of imidazole rings is 1. The normalized spacial score (nSPS) is 10.9. The van der Waals surface area contributed by atoms with Crippen molar-refractivity contribution >= 4 is 11.6 Å². The molecule has 0 saturated heterocycles. The maximum absolute atomic E-state index is 13.2. The van der Waals surface area contributed by atoms with Gasteiger partial charge >= 0.3 is 0 Å². The predicted molar refractivity (Wildman–Crippen MR) is 71.2 cm³/mol. The van der Waals surface area contributed by atoms with E-state index in [0.717, 1.165) is 18.8 Å². The third-order valence-electron chi connectivity index (χ3n) is 2.81. The van der Waals surface area contributed by atoms with Crippen LogP contribution in [-0.4, -0.2) is 23.1 Å². The monoisotopic (exact) mass is 267 g/mol. The van der Waals surface area contributed by atoms with Crippen LogP contribution in [0.5, 0.6) is 0 Å². The molecule has 0 amide bonds. The Kier molecular flexibility index (Phi) is 3.99. The summed E-state index contributed by atoms with van der Waals surface area (Å²) in [6, 6.07) is 6.31. The van der Waals surface area contributed by atoms with Gasteiger partial charge in [-0.15, -0.1) is 0 Å². The summed E-state index contributed by atoms with van der Waals surface area (Å²) >= 11 is 6.24. The lowest BCUT2D eigenvalue weighted by Crippen LogP contribution is -2.13. The van der Waals surface area contributed by atoms with E-state index in [0.29, 0.717) is 16.4 Å². The van der Waals surface area contributed by atoms with Crippen LogP contribution < -0.4 is 5.32 Å². The molecule has 0 unspecified atom stereocenters. The zero-order chi connectivity index (χ0) is 13.1. The fraction of sp³-hybridized carbons (Fsp3) is 0.308. The third-order valence-corrected chi connectivity index (χ3v) is 3.25. The number of nitrogens with one attached hydrogen (secondary N) is 1. The second-order valence-corrected chi connectivity index (χ2v) is 4.45. The van der Waals surface area contributed by atoms with Gasteiger partial charge in [0.2, 0.25) is 0 Å². The Labute approximate surface area is 111 Å². The highest BCUT2D eigenvalue weighted by molar-refractivity contribution is 6.32. The van der Waals surface area contributed by atoms with E-state index in [1.54, 1.807) is 12.1 Å². The quantitative estimate of drug-likeness (QED) is 0.923. The standard InChI is InChI=1S/C13H15ClFN3/c1-16-7-6-11-17-12(13(14)18(11)2)9-4-3-5-10(15)8-9/h3-5,8,16H,6-7H2,1-2H3. The second-order valence-electron chi connectivity index (χ2n) is 4.09. The van der Waals surface area contributed by atoms with Crippen LogP contribution in [0.3, 0.4) is 0 Å². The van der Waals surface area contributed by atoms with Crippen LogP contribution in [-0.2, 0) is 13.5 Å². The Morgan fingerprint density at radius 2 is 2.22 bits per heavy atom. The molecule has 1 N–H and O–H groups in total. The van der Waals surface area contributed by atoms with Crippen molar-refractivity contribution in [3.05, 3.63) is 41.1 Å². The zero-order valence-electron chi connectivity index (χ0n) is 10.4. The first-order valence-corrected chi connectivity index (χ1v) is 6.13. The molecular weight excluding hydrogens is 253 g/mol. The van der Waals surface area contributed by atoms with E-state index in [-0.39, 0.29) is 5.82 Å². The Hall–Kier alpha value is -1.39. The molecule has 2 rings (SSSR count). The molecule has 0 bridgehead atoms. The van der Waals surface area contributed by atoms with Crippen molar-refractivity contribution in [2.75, 3.05) is 13.6 Å². The molecule has 1 aromatic heterocycles. The van der Waals surface area contributed by atoms with Crippen LogP contribution in [0.2, 0.25) is 5.15 Å². The van der Waals surface area contributed by atoms with E-state index in [4.69, 9.17) is 11.6 Å². The summed E-state index contributed by atoms with van der Waals surface area (Å²) in [5, 5.41) is 3.60. The van der Waals surface area contributed by atoms with Crippen LogP contribution in [0.25, 0.3) is 11.3 Å². The van der Waals surface area contributed by atoms with Gasteiger partial charge in [0.05, 0.1) is 0 Å². The minimum Gasteiger partial charge on any atom is -0.322 e. The molecule has 0 aliphatic rings.